The summed E-state index contributed by atoms with van der Waals surface area (Å²) in [6.45, 7) is 7.01. The molecule has 2 nitrogen and oxygen atoms in total. The van der Waals surface area contributed by atoms with Crippen molar-refractivity contribution in [2.75, 3.05) is 0 Å². The predicted octanol–water partition coefficient (Wildman–Crippen LogP) is 5.23. The number of halogens is 3. The minimum Gasteiger partial charge on any atom is -0.512 e. The Balaban J connectivity index is 4.96. The van der Waals surface area contributed by atoms with Crippen molar-refractivity contribution in [1.82, 2.24) is 0 Å². The van der Waals surface area contributed by atoms with E-state index in [0.29, 0.717) is 6.42 Å². The van der Waals surface area contributed by atoms with Crippen molar-refractivity contribution in [3.8, 4) is 0 Å². The molecule has 0 aromatic rings. The van der Waals surface area contributed by atoms with E-state index < -0.39 is 35.6 Å². The number of ketones is 1. The molecule has 0 heterocycles. The number of aliphatic hydroxyl groups is 1. The predicted molar refractivity (Wildman–Crippen MR) is 78.3 cm³/mol. The first kappa shape index (κ1) is 20.0. The van der Waals surface area contributed by atoms with E-state index in [2.05, 4.69) is 0 Å². The van der Waals surface area contributed by atoms with Crippen LogP contribution in [0.2, 0.25) is 0 Å². The summed E-state index contributed by atoms with van der Waals surface area (Å²) in [5.74, 6) is -4.97. The van der Waals surface area contributed by atoms with Gasteiger partial charge in [-0.2, -0.15) is 0 Å². The van der Waals surface area contributed by atoms with Gasteiger partial charge in [-0.1, -0.05) is 13.8 Å². The van der Waals surface area contributed by atoms with Gasteiger partial charge >= 0.3 is 0 Å². The molecule has 21 heavy (non-hydrogen) atoms. The first-order chi connectivity index (χ1) is 9.39. The Kier molecular flexibility index (Phi) is 7.48. The third-order valence-corrected chi connectivity index (χ3v) is 3.43. The van der Waals surface area contributed by atoms with Crippen molar-refractivity contribution in [3.05, 3.63) is 11.8 Å². The molecule has 0 amide bonds. The number of hydrogen-bond donors (Lipinski definition) is 1. The van der Waals surface area contributed by atoms with Crippen molar-refractivity contribution in [1.29, 1.82) is 0 Å². The van der Waals surface area contributed by atoms with Crippen molar-refractivity contribution in [2.45, 2.75) is 71.9 Å². The number of rotatable bonds is 9. The highest BCUT2D eigenvalue weighted by molar-refractivity contribution is 5.92. The summed E-state index contributed by atoms with van der Waals surface area (Å²) in [4.78, 5) is 12.0. The van der Waals surface area contributed by atoms with Crippen molar-refractivity contribution < 1.29 is 23.1 Å². The van der Waals surface area contributed by atoms with Crippen molar-refractivity contribution in [3.63, 3.8) is 0 Å². The van der Waals surface area contributed by atoms with Crippen molar-refractivity contribution in [2.24, 2.45) is 11.8 Å². The van der Waals surface area contributed by atoms with Gasteiger partial charge in [-0.25, -0.2) is 13.2 Å². The normalized spacial score (nSPS) is 16.7. The minimum absolute atomic E-state index is 0.0832. The molecule has 0 aliphatic rings. The number of carbonyl (C=O) groups excluding carboxylic acids is 1. The average Bonchev–Trinajstić information content (AvgIpc) is 2.30. The van der Waals surface area contributed by atoms with Gasteiger partial charge in [0.2, 0.25) is 5.92 Å². The molecular formula is C16H27F3O2. The lowest BCUT2D eigenvalue weighted by molar-refractivity contribution is -0.121. The summed E-state index contributed by atoms with van der Waals surface area (Å²) in [5.41, 5.74) is -1.47. The lowest BCUT2D eigenvalue weighted by Gasteiger charge is -2.22. The molecule has 0 rings (SSSR count). The monoisotopic (exact) mass is 308 g/mol. The van der Waals surface area contributed by atoms with E-state index in [1.54, 1.807) is 13.8 Å². The van der Waals surface area contributed by atoms with Crippen LogP contribution >= 0.6 is 0 Å². The second kappa shape index (κ2) is 7.85. The number of alkyl halides is 3. The van der Waals surface area contributed by atoms with Gasteiger partial charge in [0.05, 0.1) is 5.76 Å². The van der Waals surface area contributed by atoms with Crippen LogP contribution in [0.15, 0.2) is 11.8 Å². The van der Waals surface area contributed by atoms with E-state index in [-0.39, 0.29) is 18.6 Å². The molecule has 0 spiro atoms. The maximum atomic E-state index is 13.6. The van der Waals surface area contributed by atoms with E-state index in [4.69, 9.17) is 0 Å². The van der Waals surface area contributed by atoms with Gasteiger partial charge in [0, 0.05) is 24.3 Å². The average molecular weight is 308 g/mol. The SMILES string of the molecule is CCC(CC(C)(F)F)C(=O)/C=C(\O)C(CC)CC(C)(C)F. The highest BCUT2D eigenvalue weighted by Gasteiger charge is 2.30. The quantitative estimate of drug-likeness (QED) is 0.467. The molecule has 0 saturated carbocycles. The first-order valence-corrected chi connectivity index (χ1v) is 7.40. The summed E-state index contributed by atoms with van der Waals surface area (Å²) in [7, 11) is 0. The van der Waals surface area contributed by atoms with Gasteiger partial charge in [0.1, 0.15) is 5.67 Å². The highest BCUT2D eigenvalue weighted by Crippen LogP contribution is 2.29. The standard InChI is InChI=1S/C16H27F3O2/c1-6-11(9-15(3,4)17)13(20)8-14(21)12(7-2)10-16(5,18)19/h8,11-12,20H,6-7,9-10H2,1-5H3/b13-8-. The Bertz CT molecular complexity index is 365. The smallest absolute Gasteiger partial charge is 0.246 e. The largest absolute Gasteiger partial charge is 0.512 e. The number of carbonyl (C=O) groups is 1. The highest BCUT2D eigenvalue weighted by atomic mass is 19.3. The van der Waals surface area contributed by atoms with E-state index in [1.807, 2.05) is 0 Å². The van der Waals surface area contributed by atoms with Crippen LogP contribution < -0.4 is 0 Å². The molecule has 2 unspecified atom stereocenters. The molecule has 1 N–H and O–H groups in total. The zero-order valence-electron chi connectivity index (χ0n) is 13.5. The topological polar surface area (TPSA) is 37.3 Å². The fourth-order valence-electron chi connectivity index (χ4n) is 2.30. The van der Waals surface area contributed by atoms with Crippen LogP contribution in [0.1, 0.15) is 60.3 Å². The fraction of sp³-hybridized carbons (Fsp3) is 0.812. The Hall–Kier alpha value is -1.00. The summed E-state index contributed by atoms with van der Waals surface area (Å²) in [6, 6.07) is 0. The Morgan fingerprint density at radius 3 is 1.86 bits per heavy atom. The van der Waals surface area contributed by atoms with Crippen LogP contribution in [0.5, 0.6) is 0 Å². The molecule has 0 fully saturated rings. The van der Waals surface area contributed by atoms with Gasteiger partial charge < -0.3 is 5.11 Å². The number of allylic oxidation sites excluding steroid dienone is 2. The third-order valence-electron chi connectivity index (χ3n) is 3.43. The molecule has 124 valence electrons. The third kappa shape index (κ3) is 8.79. The van der Waals surface area contributed by atoms with Crippen LogP contribution in [-0.2, 0) is 4.79 Å². The molecule has 5 heteroatoms. The summed E-state index contributed by atoms with van der Waals surface area (Å²) >= 11 is 0. The lowest BCUT2D eigenvalue weighted by atomic mass is 9.88. The van der Waals surface area contributed by atoms with E-state index >= 15 is 0 Å². The van der Waals surface area contributed by atoms with Crippen LogP contribution in [0.3, 0.4) is 0 Å². The molecular weight excluding hydrogens is 281 g/mol. The first-order valence-electron chi connectivity index (χ1n) is 7.40. The van der Waals surface area contributed by atoms with E-state index in [9.17, 15) is 23.1 Å². The van der Waals surface area contributed by atoms with Gasteiger partial charge in [0.15, 0.2) is 5.78 Å². The summed E-state index contributed by atoms with van der Waals surface area (Å²) in [5, 5.41) is 9.97. The molecule has 0 aliphatic carbocycles. The van der Waals surface area contributed by atoms with Gasteiger partial charge in [-0.05, 0) is 40.0 Å². The Morgan fingerprint density at radius 1 is 1.05 bits per heavy atom. The molecule has 0 saturated heterocycles. The molecule has 0 aromatic heterocycles. The zero-order valence-corrected chi connectivity index (χ0v) is 13.5. The Labute approximate surface area is 125 Å². The van der Waals surface area contributed by atoms with Crippen molar-refractivity contribution >= 4 is 5.78 Å². The van der Waals surface area contributed by atoms with Gasteiger partial charge in [0.25, 0.3) is 0 Å². The molecule has 2 atom stereocenters. The maximum Gasteiger partial charge on any atom is 0.246 e. The second-order valence-electron chi connectivity index (χ2n) is 6.38. The Morgan fingerprint density at radius 2 is 1.52 bits per heavy atom. The summed E-state index contributed by atoms with van der Waals surface area (Å²) in [6.07, 6.45) is 1.29. The van der Waals surface area contributed by atoms with Gasteiger partial charge in [-0.3, -0.25) is 4.79 Å². The molecule has 0 aromatic carbocycles. The number of hydrogen-bond acceptors (Lipinski definition) is 2. The maximum absolute atomic E-state index is 13.6. The van der Waals surface area contributed by atoms with Gasteiger partial charge in [-0.15, -0.1) is 0 Å². The van der Waals surface area contributed by atoms with Crippen LogP contribution in [-0.4, -0.2) is 22.5 Å². The van der Waals surface area contributed by atoms with E-state index in [1.165, 1.54) is 13.8 Å². The molecule has 0 bridgehead atoms. The van der Waals surface area contributed by atoms with Crippen LogP contribution in [0, 0.1) is 11.8 Å². The minimum atomic E-state index is -2.93. The van der Waals surface area contributed by atoms with Crippen LogP contribution in [0.25, 0.3) is 0 Å². The molecule has 0 aliphatic heterocycles. The second-order valence-corrected chi connectivity index (χ2v) is 6.38. The summed E-state index contributed by atoms with van der Waals surface area (Å²) < 4.78 is 39.7. The van der Waals surface area contributed by atoms with Crippen LogP contribution in [0.4, 0.5) is 13.2 Å². The lowest BCUT2D eigenvalue weighted by Crippen LogP contribution is -2.23. The number of aliphatic hydroxyl groups excluding tert-OH is 1. The zero-order chi connectivity index (χ0) is 16.8. The van der Waals surface area contributed by atoms with E-state index in [0.717, 1.165) is 13.0 Å². The fourth-order valence-corrected chi connectivity index (χ4v) is 2.30. The molecule has 0 radical (unpaired) electrons.